The molecule has 0 saturated carbocycles. The lowest BCUT2D eigenvalue weighted by Crippen LogP contribution is -2.34. The summed E-state index contributed by atoms with van der Waals surface area (Å²) in [4.78, 5) is 0. The van der Waals surface area contributed by atoms with Crippen LogP contribution in [0.5, 0.6) is 11.5 Å². The summed E-state index contributed by atoms with van der Waals surface area (Å²) in [6.45, 7) is -0.0909. The van der Waals surface area contributed by atoms with Gasteiger partial charge >= 0.3 is 6.18 Å². The van der Waals surface area contributed by atoms with Crippen LogP contribution >= 0.6 is 15.9 Å². The van der Waals surface area contributed by atoms with Crippen LogP contribution in [0.1, 0.15) is 17.2 Å². The molecule has 0 saturated heterocycles. The van der Waals surface area contributed by atoms with Crippen molar-refractivity contribution in [3.05, 3.63) is 57.8 Å². The fourth-order valence-corrected chi connectivity index (χ4v) is 2.72. The van der Waals surface area contributed by atoms with Crippen LogP contribution in [-0.2, 0) is 6.54 Å². The second-order valence-electron chi connectivity index (χ2n) is 5.21. The summed E-state index contributed by atoms with van der Waals surface area (Å²) in [5.74, 6) is 0.324. The maximum Gasteiger partial charge on any atom is 0.407 e. The Kier molecular flexibility index (Phi) is 6.29. The second-order valence-corrected chi connectivity index (χ2v) is 6.06. The summed E-state index contributed by atoms with van der Waals surface area (Å²) in [5, 5.41) is 2.46. The number of halogens is 5. The molecule has 1 N–H and O–H groups in total. The van der Waals surface area contributed by atoms with E-state index in [0.717, 1.165) is 18.2 Å². The average Bonchev–Trinajstić information content (AvgIpc) is 2.57. The van der Waals surface area contributed by atoms with Crippen molar-refractivity contribution in [2.24, 2.45) is 0 Å². The quantitative estimate of drug-likeness (QED) is 0.665. The van der Waals surface area contributed by atoms with Crippen LogP contribution in [-0.4, -0.2) is 20.4 Å². The summed E-state index contributed by atoms with van der Waals surface area (Å²) in [6.07, 6.45) is -4.54. The molecule has 3 nitrogen and oxygen atoms in total. The largest absolute Gasteiger partial charge is 0.497 e. The highest BCUT2D eigenvalue weighted by Crippen LogP contribution is 2.35. The molecule has 1 unspecified atom stereocenters. The zero-order chi connectivity index (χ0) is 18.6. The van der Waals surface area contributed by atoms with Gasteiger partial charge in [0, 0.05) is 18.2 Å². The molecule has 0 aromatic heterocycles. The van der Waals surface area contributed by atoms with E-state index in [-0.39, 0.29) is 16.6 Å². The number of nitrogens with one attached hydrogen (secondary N) is 1. The van der Waals surface area contributed by atoms with E-state index < -0.39 is 18.0 Å². The molecule has 2 aromatic rings. The van der Waals surface area contributed by atoms with Crippen molar-refractivity contribution >= 4 is 15.9 Å². The predicted octanol–water partition coefficient (Wildman–Crippen LogP) is 5.00. The normalized spacial score (nSPS) is 12.8. The van der Waals surface area contributed by atoms with Crippen LogP contribution in [0, 0.1) is 5.82 Å². The molecule has 2 rings (SSSR count). The minimum absolute atomic E-state index is 0.0249. The highest BCUT2D eigenvalue weighted by atomic mass is 79.9. The Hall–Kier alpha value is -1.80. The molecule has 25 heavy (non-hydrogen) atoms. The van der Waals surface area contributed by atoms with E-state index in [0.29, 0.717) is 17.1 Å². The number of methoxy groups -OCH3 is 2. The van der Waals surface area contributed by atoms with Gasteiger partial charge in [0.15, 0.2) is 0 Å². The summed E-state index contributed by atoms with van der Waals surface area (Å²) in [5.41, 5.74) is 0.451. The van der Waals surface area contributed by atoms with Gasteiger partial charge in [-0.2, -0.15) is 13.2 Å². The molecule has 0 amide bonds. The predicted molar refractivity (Wildman–Crippen MR) is 89.3 cm³/mol. The second kappa shape index (κ2) is 8.05. The number of hydrogen-bond acceptors (Lipinski definition) is 3. The van der Waals surface area contributed by atoms with Crippen molar-refractivity contribution in [1.29, 1.82) is 0 Å². The Balaban J connectivity index is 2.25. The highest BCUT2D eigenvalue weighted by Gasteiger charge is 2.40. The van der Waals surface area contributed by atoms with Crippen LogP contribution in [0.15, 0.2) is 40.9 Å². The molecular formula is C17H16BrF4NO2. The van der Waals surface area contributed by atoms with Gasteiger partial charge in [-0.1, -0.05) is 12.1 Å². The van der Waals surface area contributed by atoms with E-state index in [9.17, 15) is 17.6 Å². The maximum absolute atomic E-state index is 13.4. The number of alkyl halides is 3. The molecule has 8 heteroatoms. The van der Waals surface area contributed by atoms with E-state index >= 15 is 0 Å². The monoisotopic (exact) mass is 421 g/mol. The number of rotatable bonds is 6. The minimum atomic E-state index is -4.54. The van der Waals surface area contributed by atoms with Gasteiger partial charge in [0.25, 0.3) is 0 Å². The number of hydrogen-bond donors (Lipinski definition) is 1. The number of benzene rings is 2. The third-order valence-electron chi connectivity index (χ3n) is 3.60. The molecule has 0 aliphatic rings. The summed E-state index contributed by atoms with van der Waals surface area (Å²) in [6, 6.07) is 6.12. The molecule has 0 heterocycles. The van der Waals surface area contributed by atoms with Crippen LogP contribution < -0.4 is 14.8 Å². The molecule has 0 aliphatic heterocycles. The molecule has 0 aliphatic carbocycles. The van der Waals surface area contributed by atoms with Crippen LogP contribution in [0.25, 0.3) is 0 Å². The zero-order valence-corrected chi connectivity index (χ0v) is 15.0. The van der Waals surface area contributed by atoms with Gasteiger partial charge in [-0.3, -0.25) is 5.32 Å². The van der Waals surface area contributed by atoms with Crippen molar-refractivity contribution in [1.82, 2.24) is 5.32 Å². The van der Waals surface area contributed by atoms with Crippen LogP contribution in [0.3, 0.4) is 0 Å². The van der Waals surface area contributed by atoms with E-state index in [2.05, 4.69) is 21.2 Å². The molecule has 0 fully saturated rings. The summed E-state index contributed by atoms with van der Waals surface area (Å²) in [7, 11) is 2.91. The standard InChI is InChI=1S/C17H16BrF4NO2/c1-24-12-5-3-11(15(8-12)25-2)9-23-16(17(20,21)22)10-4-6-14(19)13(18)7-10/h3-8,16,23H,9H2,1-2H3. The van der Waals surface area contributed by atoms with Gasteiger partial charge in [-0.15, -0.1) is 0 Å². The highest BCUT2D eigenvalue weighted by molar-refractivity contribution is 9.10. The van der Waals surface area contributed by atoms with E-state index in [1.165, 1.54) is 14.2 Å². The Morgan fingerprint density at radius 1 is 1.08 bits per heavy atom. The van der Waals surface area contributed by atoms with Crippen LogP contribution in [0.2, 0.25) is 0 Å². The van der Waals surface area contributed by atoms with Crippen molar-refractivity contribution in [2.75, 3.05) is 14.2 Å². The van der Waals surface area contributed by atoms with E-state index in [1.54, 1.807) is 18.2 Å². The lowest BCUT2D eigenvalue weighted by molar-refractivity contribution is -0.158. The first kappa shape index (κ1) is 19.5. The summed E-state index contributed by atoms with van der Waals surface area (Å²) >= 11 is 2.91. The Morgan fingerprint density at radius 3 is 2.36 bits per heavy atom. The van der Waals surface area contributed by atoms with E-state index in [4.69, 9.17) is 9.47 Å². The molecule has 0 spiro atoms. The molecule has 1 atom stereocenters. The molecule has 2 aromatic carbocycles. The summed E-state index contributed by atoms with van der Waals surface area (Å²) < 4.78 is 63.8. The van der Waals surface area contributed by atoms with E-state index in [1.807, 2.05) is 0 Å². The lowest BCUT2D eigenvalue weighted by atomic mass is 10.1. The average molecular weight is 422 g/mol. The molecule has 136 valence electrons. The maximum atomic E-state index is 13.4. The topological polar surface area (TPSA) is 30.5 Å². The fraction of sp³-hybridized carbons (Fsp3) is 0.294. The molecule has 0 bridgehead atoms. The van der Waals surface area contributed by atoms with Crippen molar-refractivity contribution < 1.29 is 27.0 Å². The smallest absolute Gasteiger partial charge is 0.407 e. The molecule has 0 radical (unpaired) electrons. The third kappa shape index (κ3) is 4.85. The first-order chi connectivity index (χ1) is 11.8. The van der Waals surface area contributed by atoms with Gasteiger partial charge in [0.2, 0.25) is 0 Å². The first-order valence-electron chi connectivity index (χ1n) is 7.22. The lowest BCUT2D eigenvalue weighted by Gasteiger charge is -2.23. The molecular weight excluding hydrogens is 406 g/mol. The van der Waals surface area contributed by atoms with Gasteiger partial charge in [-0.25, -0.2) is 4.39 Å². The Morgan fingerprint density at radius 2 is 1.80 bits per heavy atom. The zero-order valence-electron chi connectivity index (χ0n) is 13.5. The minimum Gasteiger partial charge on any atom is -0.497 e. The van der Waals surface area contributed by atoms with Crippen LogP contribution in [0.4, 0.5) is 17.6 Å². The number of ether oxygens (including phenoxy) is 2. The Bertz CT molecular complexity index is 737. The van der Waals surface area contributed by atoms with Gasteiger partial charge < -0.3 is 9.47 Å². The van der Waals surface area contributed by atoms with Gasteiger partial charge in [0.05, 0.1) is 18.7 Å². The van der Waals surface area contributed by atoms with Crippen molar-refractivity contribution in [2.45, 2.75) is 18.8 Å². The van der Waals surface area contributed by atoms with Gasteiger partial charge in [0.1, 0.15) is 23.4 Å². The van der Waals surface area contributed by atoms with Gasteiger partial charge in [-0.05, 0) is 39.7 Å². The third-order valence-corrected chi connectivity index (χ3v) is 4.20. The first-order valence-corrected chi connectivity index (χ1v) is 8.01. The van der Waals surface area contributed by atoms with Crippen molar-refractivity contribution in [3.8, 4) is 11.5 Å². The van der Waals surface area contributed by atoms with Crippen molar-refractivity contribution in [3.63, 3.8) is 0 Å². The SMILES string of the molecule is COc1ccc(CNC(c2ccc(F)c(Br)c2)C(F)(F)F)c(OC)c1. The Labute approximate surface area is 151 Å². The fourth-order valence-electron chi connectivity index (χ4n) is 2.32.